The summed E-state index contributed by atoms with van der Waals surface area (Å²) in [6.07, 6.45) is 1.59. The molecule has 2 rings (SSSR count). The van der Waals surface area contributed by atoms with Gasteiger partial charge in [0.05, 0.1) is 12.1 Å². The number of hydrogen-bond donors (Lipinski definition) is 5. The minimum absolute atomic E-state index is 0.121. The smallest absolute Gasteiger partial charge is 0.322 e. The summed E-state index contributed by atoms with van der Waals surface area (Å²) in [5, 5.41) is 26.1. The molecule has 2 heterocycles. The van der Waals surface area contributed by atoms with Crippen LogP contribution in [0, 0.1) is 0 Å². The van der Waals surface area contributed by atoms with E-state index in [9.17, 15) is 24.3 Å². The highest BCUT2D eigenvalue weighted by Gasteiger charge is 2.39. The van der Waals surface area contributed by atoms with Gasteiger partial charge in [0.1, 0.15) is 18.6 Å². The molecule has 2 saturated heterocycles. The first kappa shape index (κ1) is 20.1. The highest BCUT2D eigenvalue weighted by atomic mass is 16.4. The number of hydrogen-bond acceptors (Lipinski definition) is 6. The Morgan fingerprint density at radius 2 is 1.96 bits per heavy atom. The number of carbonyl (C=O) groups is 4. The minimum Gasteiger partial charge on any atom is -0.480 e. The molecule has 0 saturated carbocycles. The van der Waals surface area contributed by atoms with Gasteiger partial charge in [-0.2, -0.15) is 0 Å². The van der Waals surface area contributed by atoms with E-state index in [1.807, 2.05) is 0 Å². The normalized spacial score (nSPS) is 24.8. The van der Waals surface area contributed by atoms with E-state index in [4.69, 9.17) is 5.11 Å². The Kier molecular flexibility index (Phi) is 6.92. The second-order valence-corrected chi connectivity index (χ2v) is 6.68. The molecule has 4 atom stereocenters. The SMILES string of the molecule is CC(O)C(NC(=O)C1CCCN1C(=O)C1CCCN1)C(=O)NCC(=O)O. The second kappa shape index (κ2) is 8.95. The van der Waals surface area contributed by atoms with Crippen molar-refractivity contribution in [1.29, 1.82) is 0 Å². The maximum Gasteiger partial charge on any atom is 0.322 e. The molecule has 0 bridgehead atoms. The summed E-state index contributed by atoms with van der Waals surface area (Å²) in [6.45, 7) is 1.96. The van der Waals surface area contributed by atoms with Gasteiger partial charge in [0.25, 0.3) is 0 Å². The minimum atomic E-state index is -1.29. The summed E-state index contributed by atoms with van der Waals surface area (Å²) in [5.41, 5.74) is 0. The maximum atomic E-state index is 12.6. The van der Waals surface area contributed by atoms with Crippen LogP contribution >= 0.6 is 0 Å². The van der Waals surface area contributed by atoms with Gasteiger partial charge in [0.2, 0.25) is 17.7 Å². The van der Waals surface area contributed by atoms with Crippen molar-refractivity contribution < 1.29 is 29.4 Å². The van der Waals surface area contributed by atoms with E-state index in [1.165, 1.54) is 11.8 Å². The number of aliphatic carboxylic acids is 1. The fourth-order valence-corrected chi connectivity index (χ4v) is 3.33. The van der Waals surface area contributed by atoms with Crippen LogP contribution in [0.3, 0.4) is 0 Å². The molecule has 5 N–H and O–H groups in total. The molecule has 2 aliphatic heterocycles. The number of amides is 3. The number of carboxylic acids is 1. The maximum absolute atomic E-state index is 12.6. The van der Waals surface area contributed by atoms with Crippen LogP contribution in [0.25, 0.3) is 0 Å². The van der Waals surface area contributed by atoms with E-state index in [2.05, 4.69) is 16.0 Å². The lowest BCUT2D eigenvalue weighted by molar-refractivity contribution is -0.142. The van der Waals surface area contributed by atoms with Crippen LogP contribution in [0.4, 0.5) is 0 Å². The summed E-state index contributed by atoms with van der Waals surface area (Å²) < 4.78 is 0. The third kappa shape index (κ3) is 4.92. The van der Waals surface area contributed by atoms with E-state index < -0.39 is 42.5 Å². The molecule has 0 aliphatic carbocycles. The van der Waals surface area contributed by atoms with Crippen LogP contribution in [0.1, 0.15) is 32.6 Å². The first-order valence-corrected chi connectivity index (χ1v) is 8.83. The van der Waals surface area contributed by atoms with Gasteiger partial charge in [0, 0.05) is 6.54 Å². The van der Waals surface area contributed by atoms with Crippen LogP contribution in [0.2, 0.25) is 0 Å². The molecule has 0 radical (unpaired) electrons. The molecule has 26 heavy (non-hydrogen) atoms. The van der Waals surface area contributed by atoms with Crippen LogP contribution in [-0.4, -0.2) is 82.7 Å². The van der Waals surface area contributed by atoms with Gasteiger partial charge in [0.15, 0.2) is 0 Å². The summed E-state index contributed by atoms with van der Waals surface area (Å²) in [5.74, 6) is -2.66. The fourth-order valence-electron chi connectivity index (χ4n) is 3.33. The summed E-state index contributed by atoms with van der Waals surface area (Å²) in [6, 6.07) is -2.27. The van der Waals surface area contributed by atoms with Crippen molar-refractivity contribution in [1.82, 2.24) is 20.9 Å². The third-order valence-electron chi connectivity index (χ3n) is 4.67. The Hall–Kier alpha value is -2.20. The van der Waals surface area contributed by atoms with E-state index in [1.54, 1.807) is 0 Å². The molecular formula is C16H26N4O6. The van der Waals surface area contributed by atoms with E-state index in [0.717, 1.165) is 19.4 Å². The Balaban J connectivity index is 1.99. The van der Waals surface area contributed by atoms with Crippen molar-refractivity contribution in [3.8, 4) is 0 Å². The lowest BCUT2D eigenvalue weighted by atomic mass is 10.1. The van der Waals surface area contributed by atoms with Gasteiger partial charge in [-0.1, -0.05) is 0 Å². The van der Waals surface area contributed by atoms with Crippen molar-refractivity contribution in [3.63, 3.8) is 0 Å². The zero-order valence-electron chi connectivity index (χ0n) is 14.7. The fraction of sp³-hybridized carbons (Fsp3) is 0.750. The number of nitrogens with zero attached hydrogens (tertiary/aromatic N) is 1. The average molecular weight is 370 g/mol. The van der Waals surface area contributed by atoms with Crippen molar-refractivity contribution in [2.45, 2.75) is 56.8 Å². The van der Waals surface area contributed by atoms with Gasteiger partial charge < -0.3 is 31.1 Å². The van der Waals surface area contributed by atoms with Gasteiger partial charge in [-0.3, -0.25) is 19.2 Å². The lowest BCUT2D eigenvalue weighted by Gasteiger charge is -2.29. The topological polar surface area (TPSA) is 148 Å². The standard InChI is InChI=1S/C16H26N4O6/c1-9(21)13(15(25)18-8-12(22)23)19-14(24)11-5-3-7-20(11)16(26)10-4-2-6-17-10/h9-11,13,17,21H,2-8H2,1H3,(H,18,25)(H,19,24)(H,22,23). The number of likely N-dealkylation sites (tertiary alicyclic amines) is 1. The molecule has 0 aromatic carbocycles. The predicted molar refractivity (Wildman–Crippen MR) is 90.0 cm³/mol. The molecule has 4 unspecified atom stereocenters. The van der Waals surface area contributed by atoms with Crippen LogP contribution in [-0.2, 0) is 19.2 Å². The molecule has 2 aliphatic rings. The molecule has 2 fully saturated rings. The summed E-state index contributed by atoms with van der Waals surface area (Å²) in [4.78, 5) is 49.3. The van der Waals surface area contributed by atoms with E-state index >= 15 is 0 Å². The highest BCUT2D eigenvalue weighted by Crippen LogP contribution is 2.21. The molecule has 0 aromatic rings. The zero-order valence-corrected chi connectivity index (χ0v) is 14.7. The van der Waals surface area contributed by atoms with Crippen molar-refractivity contribution in [2.24, 2.45) is 0 Å². The molecule has 3 amide bonds. The number of aliphatic hydroxyl groups is 1. The number of carbonyl (C=O) groups excluding carboxylic acids is 3. The van der Waals surface area contributed by atoms with Gasteiger partial charge in [-0.05, 0) is 39.2 Å². The predicted octanol–water partition coefficient (Wildman–Crippen LogP) is -2.20. The Morgan fingerprint density at radius 3 is 2.54 bits per heavy atom. The first-order chi connectivity index (χ1) is 12.3. The van der Waals surface area contributed by atoms with Gasteiger partial charge >= 0.3 is 5.97 Å². The van der Waals surface area contributed by atoms with Gasteiger partial charge in [-0.25, -0.2) is 0 Å². The first-order valence-electron chi connectivity index (χ1n) is 8.83. The molecule has 146 valence electrons. The van der Waals surface area contributed by atoms with Crippen LogP contribution < -0.4 is 16.0 Å². The monoisotopic (exact) mass is 370 g/mol. The summed E-state index contributed by atoms with van der Waals surface area (Å²) in [7, 11) is 0. The lowest BCUT2D eigenvalue weighted by Crippen LogP contribution is -2.58. The quantitative estimate of drug-likeness (QED) is 0.341. The molecular weight excluding hydrogens is 344 g/mol. The van der Waals surface area contributed by atoms with Crippen molar-refractivity contribution in [3.05, 3.63) is 0 Å². The third-order valence-corrected chi connectivity index (χ3v) is 4.67. The molecule has 0 spiro atoms. The largest absolute Gasteiger partial charge is 0.480 e. The molecule has 10 heteroatoms. The highest BCUT2D eigenvalue weighted by molar-refractivity contribution is 5.94. The number of rotatable bonds is 7. The second-order valence-electron chi connectivity index (χ2n) is 6.68. The van der Waals surface area contributed by atoms with Crippen molar-refractivity contribution in [2.75, 3.05) is 19.6 Å². The number of carboxylic acid groups (broad SMARTS) is 1. The molecule has 10 nitrogen and oxygen atoms in total. The van der Waals surface area contributed by atoms with E-state index in [-0.39, 0.29) is 11.9 Å². The van der Waals surface area contributed by atoms with E-state index in [0.29, 0.717) is 19.4 Å². The van der Waals surface area contributed by atoms with Gasteiger partial charge in [-0.15, -0.1) is 0 Å². The Labute approximate surface area is 151 Å². The Morgan fingerprint density at radius 1 is 1.23 bits per heavy atom. The summed E-state index contributed by atoms with van der Waals surface area (Å²) >= 11 is 0. The van der Waals surface area contributed by atoms with Crippen molar-refractivity contribution >= 4 is 23.7 Å². The Bertz CT molecular complexity index is 561. The zero-order chi connectivity index (χ0) is 19.3. The molecule has 0 aromatic heterocycles. The number of nitrogens with one attached hydrogen (secondary N) is 3. The van der Waals surface area contributed by atoms with Crippen LogP contribution in [0.15, 0.2) is 0 Å². The van der Waals surface area contributed by atoms with Crippen LogP contribution in [0.5, 0.6) is 0 Å². The average Bonchev–Trinajstić information content (AvgIpc) is 3.27. The number of aliphatic hydroxyl groups excluding tert-OH is 1.